The molecule has 2 aromatic carbocycles. The standard InChI is InChI=1S/C15H14FNO4/c1-20-14-5-2-9(6-12(14)16)8-21-10-3-4-11(15(18)19)13(17)7-10/h2-7H,8,17H2,1H3,(H,18,19). The second-order valence-corrected chi connectivity index (χ2v) is 4.31. The lowest BCUT2D eigenvalue weighted by Gasteiger charge is -2.09. The van der Waals surface area contributed by atoms with Gasteiger partial charge in [0.2, 0.25) is 0 Å². The van der Waals surface area contributed by atoms with E-state index in [-0.39, 0.29) is 23.6 Å². The topological polar surface area (TPSA) is 81.8 Å². The molecule has 0 aliphatic heterocycles. The Kier molecular flexibility index (Phi) is 4.27. The highest BCUT2D eigenvalue weighted by atomic mass is 19.1. The largest absolute Gasteiger partial charge is 0.494 e. The molecule has 0 spiro atoms. The molecule has 6 heteroatoms. The van der Waals surface area contributed by atoms with Gasteiger partial charge in [-0.05, 0) is 29.8 Å². The third-order valence-corrected chi connectivity index (χ3v) is 2.88. The van der Waals surface area contributed by atoms with E-state index in [1.165, 1.54) is 37.4 Å². The predicted octanol–water partition coefficient (Wildman–Crippen LogP) is 2.69. The minimum Gasteiger partial charge on any atom is -0.494 e. The first-order chi connectivity index (χ1) is 10.0. The van der Waals surface area contributed by atoms with Gasteiger partial charge in [-0.15, -0.1) is 0 Å². The molecule has 0 aliphatic rings. The lowest BCUT2D eigenvalue weighted by Crippen LogP contribution is -2.03. The Morgan fingerprint density at radius 2 is 2.05 bits per heavy atom. The fourth-order valence-electron chi connectivity index (χ4n) is 1.79. The van der Waals surface area contributed by atoms with Crippen LogP contribution in [0.3, 0.4) is 0 Å². The van der Waals surface area contributed by atoms with E-state index < -0.39 is 11.8 Å². The van der Waals surface area contributed by atoms with Crippen LogP contribution in [-0.4, -0.2) is 18.2 Å². The molecule has 0 saturated heterocycles. The van der Waals surface area contributed by atoms with Gasteiger partial charge in [0.25, 0.3) is 0 Å². The number of benzene rings is 2. The molecular weight excluding hydrogens is 277 g/mol. The van der Waals surface area contributed by atoms with Crippen molar-refractivity contribution in [3.05, 3.63) is 53.3 Å². The van der Waals surface area contributed by atoms with Crippen LogP contribution in [0.15, 0.2) is 36.4 Å². The van der Waals surface area contributed by atoms with Crippen LogP contribution >= 0.6 is 0 Å². The van der Waals surface area contributed by atoms with Gasteiger partial charge >= 0.3 is 5.97 Å². The number of rotatable bonds is 5. The zero-order chi connectivity index (χ0) is 15.4. The highest BCUT2D eigenvalue weighted by Crippen LogP contribution is 2.22. The van der Waals surface area contributed by atoms with Crippen molar-refractivity contribution in [2.45, 2.75) is 6.61 Å². The summed E-state index contributed by atoms with van der Waals surface area (Å²) in [7, 11) is 1.39. The summed E-state index contributed by atoms with van der Waals surface area (Å²) in [5.41, 5.74) is 6.36. The molecule has 0 radical (unpaired) electrons. The summed E-state index contributed by atoms with van der Waals surface area (Å²) in [5, 5.41) is 8.87. The van der Waals surface area contributed by atoms with E-state index in [0.717, 1.165) is 0 Å². The van der Waals surface area contributed by atoms with Crippen LogP contribution in [0.25, 0.3) is 0 Å². The van der Waals surface area contributed by atoms with E-state index in [1.807, 2.05) is 0 Å². The molecule has 0 heterocycles. The molecule has 0 bridgehead atoms. The fraction of sp³-hybridized carbons (Fsp3) is 0.133. The number of hydrogen-bond acceptors (Lipinski definition) is 4. The fourth-order valence-corrected chi connectivity index (χ4v) is 1.79. The van der Waals surface area contributed by atoms with Crippen molar-refractivity contribution in [3.8, 4) is 11.5 Å². The quantitative estimate of drug-likeness (QED) is 0.828. The van der Waals surface area contributed by atoms with Crippen molar-refractivity contribution in [1.82, 2.24) is 0 Å². The second-order valence-electron chi connectivity index (χ2n) is 4.31. The number of carbonyl (C=O) groups is 1. The molecule has 2 rings (SSSR count). The summed E-state index contributed by atoms with van der Waals surface area (Å²) in [5.74, 6) is -1.00. The number of aromatic carboxylic acids is 1. The number of methoxy groups -OCH3 is 1. The number of carboxylic acids is 1. The molecule has 0 unspecified atom stereocenters. The zero-order valence-corrected chi connectivity index (χ0v) is 11.3. The maximum atomic E-state index is 13.5. The number of halogens is 1. The Balaban J connectivity index is 2.08. The Hall–Kier alpha value is -2.76. The van der Waals surface area contributed by atoms with Gasteiger partial charge in [-0.3, -0.25) is 0 Å². The average Bonchev–Trinajstić information content (AvgIpc) is 2.45. The number of nitrogen functional groups attached to an aromatic ring is 1. The molecule has 0 aliphatic carbocycles. The Morgan fingerprint density at radius 1 is 1.29 bits per heavy atom. The molecule has 0 saturated carbocycles. The zero-order valence-electron chi connectivity index (χ0n) is 11.3. The van der Waals surface area contributed by atoms with Gasteiger partial charge in [-0.1, -0.05) is 6.07 Å². The maximum absolute atomic E-state index is 13.5. The van der Waals surface area contributed by atoms with Crippen molar-refractivity contribution in [2.75, 3.05) is 12.8 Å². The molecule has 2 aromatic rings. The van der Waals surface area contributed by atoms with Crippen molar-refractivity contribution in [2.24, 2.45) is 0 Å². The highest BCUT2D eigenvalue weighted by Gasteiger charge is 2.09. The van der Waals surface area contributed by atoms with Crippen molar-refractivity contribution >= 4 is 11.7 Å². The number of anilines is 1. The van der Waals surface area contributed by atoms with Gasteiger partial charge < -0.3 is 20.3 Å². The van der Waals surface area contributed by atoms with Gasteiger partial charge in [0, 0.05) is 11.8 Å². The van der Waals surface area contributed by atoms with E-state index in [2.05, 4.69) is 0 Å². The Bertz CT molecular complexity index is 673. The van der Waals surface area contributed by atoms with Crippen LogP contribution in [0.4, 0.5) is 10.1 Å². The molecular formula is C15H14FNO4. The van der Waals surface area contributed by atoms with Crippen LogP contribution in [-0.2, 0) is 6.61 Å². The van der Waals surface area contributed by atoms with Gasteiger partial charge in [0.05, 0.1) is 12.7 Å². The molecule has 0 atom stereocenters. The summed E-state index contributed by atoms with van der Waals surface area (Å²) >= 11 is 0. The minimum absolute atomic E-state index is 0.0119. The lowest BCUT2D eigenvalue weighted by molar-refractivity contribution is 0.0698. The van der Waals surface area contributed by atoms with Crippen molar-refractivity contribution in [1.29, 1.82) is 0 Å². The predicted molar refractivity (Wildman–Crippen MR) is 75.1 cm³/mol. The first-order valence-corrected chi connectivity index (χ1v) is 6.09. The van der Waals surface area contributed by atoms with Crippen LogP contribution in [0, 0.1) is 5.82 Å². The van der Waals surface area contributed by atoms with Crippen LogP contribution in [0.1, 0.15) is 15.9 Å². The molecule has 5 nitrogen and oxygen atoms in total. The van der Waals surface area contributed by atoms with Crippen LogP contribution in [0.2, 0.25) is 0 Å². The van der Waals surface area contributed by atoms with Gasteiger partial charge in [0.1, 0.15) is 12.4 Å². The van der Waals surface area contributed by atoms with Crippen LogP contribution in [0.5, 0.6) is 11.5 Å². The lowest BCUT2D eigenvalue weighted by atomic mass is 10.2. The van der Waals surface area contributed by atoms with Crippen LogP contribution < -0.4 is 15.2 Å². The van der Waals surface area contributed by atoms with Gasteiger partial charge in [-0.2, -0.15) is 0 Å². The third kappa shape index (κ3) is 3.42. The van der Waals surface area contributed by atoms with Gasteiger partial charge in [0.15, 0.2) is 11.6 Å². The molecule has 0 amide bonds. The van der Waals surface area contributed by atoms with E-state index in [1.54, 1.807) is 6.07 Å². The van der Waals surface area contributed by atoms with E-state index >= 15 is 0 Å². The summed E-state index contributed by atoms with van der Waals surface area (Å²) in [6.45, 7) is 0.132. The molecule has 21 heavy (non-hydrogen) atoms. The van der Waals surface area contributed by atoms with E-state index in [4.69, 9.17) is 20.3 Å². The third-order valence-electron chi connectivity index (χ3n) is 2.88. The number of nitrogens with two attached hydrogens (primary N) is 1. The number of ether oxygens (including phenoxy) is 2. The summed E-state index contributed by atoms with van der Waals surface area (Å²) < 4.78 is 23.8. The van der Waals surface area contributed by atoms with Crippen molar-refractivity contribution in [3.63, 3.8) is 0 Å². The highest BCUT2D eigenvalue weighted by molar-refractivity contribution is 5.93. The molecule has 3 N–H and O–H groups in total. The van der Waals surface area contributed by atoms with Gasteiger partial charge in [-0.25, -0.2) is 9.18 Å². The summed E-state index contributed by atoms with van der Waals surface area (Å²) in [6.07, 6.45) is 0. The SMILES string of the molecule is COc1ccc(COc2ccc(C(=O)O)c(N)c2)cc1F. The maximum Gasteiger partial charge on any atom is 0.337 e. The summed E-state index contributed by atoms with van der Waals surface area (Å²) in [6, 6.07) is 8.78. The number of carboxylic acid groups (broad SMARTS) is 1. The minimum atomic E-state index is -1.10. The monoisotopic (exact) mass is 291 g/mol. The smallest absolute Gasteiger partial charge is 0.337 e. The van der Waals surface area contributed by atoms with E-state index in [0.29, 0.717) is 11.3 Å². The van der Waals surface area contributed by atoms with E-state index in [9.17, 15) is 9.18 Å². The average molecular weight is 291 g/mol. The summed E-state index contributed by atoms with van der Waals surface area (Å²) in [4.78, 5) is 10.8. The Labute approximate surface area is 120 Å². The molecule has 0 fully saturated rings. The first-order valence-electron chi connectivity index (χ1n) is 6.09. The first kappa shape index (κ1) is 14.6. The second kappa shape index (κ2) is 6.13. The molecule has 0 aromatic heterocycles. The molecule has 110 valence electrons. The Morgan fingerprint density at radius 3 is 2.62 bits per heavy atom. The number of hydrogen-bond donors (Lipinski definition) is 2. The normalized spacial score (nSPS) is 10.2. The van der Waals surface area contributed by atoms with Crippen molar-refractivity contribution < 1.29 is 23.8 Å².